The maximum absolute atomic E-state index is 12.0. The molecule has 0 atom stereocenters. The minimum Gasteiger partial charge on any atom is -0.465 e. The lowest BCUT2D eigenvalue weighted by Crippen LogP contribution is -2.10. The molecule has 2 heterocycles. The number of carbonyl (C=O) groups is 1. The lowest BCUT2D eigenvalue weighted by molar-refractivity contribution is 0.0603. The van der Waals surface area contributed by atoms with Crippen LogP contribution in [0.2, 0.25) is 0 Å². The predicted molar refractivity (Wildman–Crippen MR) is 71.2 cm³/mol. The van der Waals surface area contributed by atoms with Gasteiger partial charge in [0.2, 0.25) is 0 Å². The van der Waals surface area contributed by atoms with Gasteiger partial charge in [-0.2, -0.15) is 0 Å². The molecular formula is C14H10N2O3. The molecule has 0 aliphatic carbocycles. The molecule has 0 saturated carbocycles. The van der Waals surface area contributed by atoms with Crippen LogP contribution in [0.4, 0.5) is 0 Å². The van der Waals surface area contributed by atoms with Crippen molar-refractivity contribution in [1.29, 1.82) is 0 Å². The standard InChI is InChI=1S/C14H10N2O3/c1-19-14(18)10-4-2-3-9-8-5-6-15-7-11(8)13(17)16-12(9)10/h2-7H,1H3,(H,16,17). The SMILES string of the molecule is COC(=O)c1cccc2c1[nH]c(=O)c1cnccc12. The molecule has 94 valence electrons. The zero-order chi connectivity index (χ0) is 13.4. The van der Waals surface area contributed by atoms with E-state index < -0.39 is 5.97 Å². The van der Waals surface area contributed by atoms with Crippen LogP contribution in [0.25, 0.3) is 21.7 Å². The second-order valence-corrected chi connectivity index (χ2v) is 4.10. The van der Waals surface area contributed by atoms with E-state index in [4.69, 9.17) is 4.74 Å². The summed E-state index contributed by atoms with van der Waals surface area (Å²) in [7, 11) is 1.31. The van der Waals surface area contributed by atoms with Gasteiger partial charge in [0.25, 0.3) is 5.56 Å². The maximum Gasteiger partial charge on any atom is 0.339 e. The van der Waals surface area contributed by atoms with Crippen molar-refractivity contribution in [3.63, 3.8) is 0 Å². The Bertz CT molecular complexity index is 852. The van der Waals surface area contributed by atoms with Gasteiger partial charge in [-0.05, 0) is 17.5 Å². The quantitative estimate of drug-likeness (QED) is 0.531. The lowest BCUT2D eigenvalue weighted by atomic mass is 10.0. The number of aromatic amines is 1. The molecule has 3 aromatic rings. The Morgan fingerprint density at radius 1 is 1.21 bits per heavy atom. The van der Waals surface area contributed by atoms with E-state index in [1.54, 1.807) is 24.4 Å². The number of benzene rings is 1. The Kier molecular flexibility index (Phi) is 2.52. The second-order valence-electron chi connectivity index (χ2n) is 4.10. The van der Waals surface area contributed by atoms with E-state index in [1.165, 1.54) is 13.3 Å². The number of H-pyrrole nitrogens is 1. The van der Waals surface area contributed by atoms with Gasteiger partial charge in [0.05, 0.1) is 23.6 Å². The van der Waals surface area contributed by atoms with Gasteiger partial charge in [-0.25, -0.2) is 4.79 Å². The number of rotatable bonds is 1. The average molecular weight is 254 g/mol. The minimum atomic E-state index is -0.477. The van der Waals surface area contributed by atoms with Gasteiger partial charge in [-0.1, -0.05) is 12.1 Å². The molecule has 0 aliphatic rings. The molecule has 0 radical (unpaired) electrons. The number of hydrogen-bond donors (Lipinski definition) is 1. The number of para-hydroxylation sites is 1. The second kappa shape index (κ2) is 4.20. The number of nitrogens with zero attached hydrogens (tertiary/aromatic N) is 1. The molecule has 0 spiro atoms. The van der Waals surface area contributed by atoms with E-state index in [2.05, 4.69) is 9.97 Å². The zero-order valence-corrected chi connectivity index (χ0v) is 10.1. The summed E-state index contributed by atoms with van der Waals surface area (Å²) in [5, 5.41) is 2.05. The van der Waals surface area contributed by atoms with Gasteiger partial charge in [0.1, 0.15) is 0 Å². The van der Waals surface area contributed by atoms with Crippen molar-refractivity contribution < 1.29 is 9.53 Å². The number of esters is 1. The number of methoxy groups -OCH3 is 1. The van der Waals surface area contributed by atoms with Crippen LogP contribution < -0.4 is 5.56 Å². The largest absolute Gasteiger partial charge is 0.465 e. The minimum absolute atomic E-state index is 0.271. The molecule has 0 aliphatic heterocycles. The van der Waals surface area contributed by atoms with Gasteiger partial charge in [0, 0.05) is 17.8 Å². The summed E-state index contributed by atoms with van der Waals surface area (Å²) in [5.41, 5.74) is 0.556. The van der Waals surface area contributed by atoms with E-state index in [1.807, 2.05) is 6.07 Å². The van der Waals surface area contributed by atoms with Gasteiger partial charge < -0.3 is 9.72 Å². The molecular weight excluding hydrogens is 244 g/mol. The van der Waals surface area contributed by atoms with Crippen molar-refractivity contribution in [2.24, 2.45) is 0 Å². The highest BCUT2D eigenvalue weighted by Crippen LogP contribution is 2.23. The summed E-state index contributed by atoms with van der Waals surface area (Å²) in [5.74, 6) is -0.477. The number of pyridine rings is 2. The molecule has 0 unspecified atom stereocenters. The van der Waals surface area contributed by atoms with Crippen LogP contribution in [0.3, 0.4) is 0 Å². The van der Waals surface area contributed by atoms with Gasteiger partial charge >= 0.3 is 5.97 Å². The van der Waals surface area contributed by atoms with Crippen LogP contribution in [0.5, 0.6) is 0 Å². The van der Waals surface area contributed by atoms with Gasteiger partial charge in [-0.3, -0.25) is 9.78 Å². The number of aromatic nitrogens is 2. The first kappa shape index (κ1) is 11.4. The van der Waals surface area contributed by atoms with Gasteiger partial charge in [0.15, 0.2) is 0 Å². The topological polar surface area (TPSA) is 72.1 Å². The summed E-state index contributed by atoms with van der Waals surface area (Å²) in [4.78, 5) is 30.4. The number of ether oxygens (including phenoxy) is 1. The number of nitrogens with one attached hydrogen (secondary N) is 1. The van der Waals surface area contributed by atoms with E-state index >= 15 is 0 Å². The molecule has 1 N–H and O–H groups in total. The third-order valence-electron chi connectivity index (χ3n) is 3.06. The molecule has 0 bridgehead atoms. The zero-order valence-electron chi connectivity index (χ0n) is 10.1. The Balaban J connectivity index is 2.53. The van der Waals surface area contributed by atoms with Crippen LogP contribution in [-0.4, -0.2) is 23.0 Å². The fourth-order valence-corrected chi connectivity index (χ4v) is 2.18. The van der Waals surface area contributed by atoms with Crippen LogP contribution in [0.15, 0.2) is 41.5 Å². The van der Waals surface area contributed by atoms with Crippen LogP contribution in [0, 0.1) is 0 Å². The smallest absolute Gasteiger partial charge is 0.339 e. The van der Waals surface area contributed by atoms with Crippen LogP contribution >= 0.6 is 0 Å². The summed E-state index contributed by atoms with van der Waals surface area (Å²) in [6.45, 7) is 0. The molecule has 5 heteroatoms. The number of carbonyl (C=O) groups excluding carboxylic acids is 1. The van der Waals surface area contributed by atoms with Crippen molar-refractivity contribution >= 4 is 27.6 Å². The molecule has 2 aromatic heterocycles. The van der Waals surface area contributed by atoms with Crippen molar-refractivity contribution in [3.05, 3.63) is 52.6 Å². The molecule has 0 fully saturated rings. The average Bonchev–Trinajstić information content (AvgIpc) is 2.46. The summed E-state index contributed by atoms with van der Waals surface area (Å²) in [6.07, 6.45) is 3.13. The highest BCUT2D eigenvalue weighted by atomic mass is 16.5. The van der Waals surface area contributed by atoms with Crippen molar-refractivity contribution in [2.75, 3.05) is 7.11 Å². The fraction of sp³-hybridized carbons (Fsp3) is 0.0714. The highest BCUT2D eigenvalue weighted by molar-refractivity contribution is 6.11. The molecule has 1 aromatic carbocycles. The Morgan fingerprint density at radius 3 is 2.84 bits per heavy atom. The van der Waals surface area contributed by atoms with Gasteiger partial charge in [-0.15, -0.1) is 0 Å². The Hall–Kier alpha value is -2.69. The number of fused-ring (bicyclic) bond motifs is 3. The Morgan fingerprint density at radius 2 is 2.05 bits per heavy atom. The third-order valence-corrected chi connectivity index (χ3v) is 3.06. The van der Waals surface area contributed by atoms with E-state index in [0.717, 1.165) is 10.8 Å². The van der Waals surface area contributed by atoms with E-state index in [0.29, 0.717) is 16.5 Å². The van der Waals surface area contributed by atoms with Crippen LogP contribution in [0.1, 0.15) is 10.4 Å². The van der Waals surface area contributed by atoms with E-state index in [-0.39, 0.29) is 5.56 Å². The molecule has 19 heavy (non-hydrogen) atoms. The fourth-order valence-electron chi connectivity index (χ4n) is 2.18. The summed E-state index contributed by atoms with van der Waals surface area (Å²) < 4.78 is 4.72. The normalized spacial score (nSPS) is 10.8. The van der Waals surface area contributed by atoms with Crippen LogP contribution in [-0.2, 0) is 4.74 Å². The summed E-state index contributed by atoms with van der Waals surface area (Å²) >= 11 is 0. The van der Waals surface area contributed by atoms with Crippen molar-refractivity contribution in [2.45, 2.75) is 0 Å². The number of hydrogen-bond acceptors (Lipinski definition) is 4. The molecule has 0 amide bonds. The first-order valence-electron chi connectivity index (χ1n) is 5.69. The molecule has 0 saturated heterocycles. The first-order valence-corrected chi connectivity index (χ1v) is 5.69. The molecule has 3 rings (SSSR count). The monoisotopic (exact) mass is 254 g/mol. The summed E-state index contributed by atoms with van der Waals surface area (Å²) in [6, 6.07) is 6.98. The first-order chi connectivity index (χ1) is 9.22. The third kappa shape index (κ3) is 1.67. The Labute approximate surface area is 107 Å². The lowest BCUT2D eigenvalue weighted by Gasteiger charge is -2.07. The van der Waals surface area contributed by atoms with E-state index in [9.17, 15) is 9.59 Å². The maximum atomic E-state index is 12.0. The van der Waals surface area contributed by atoms with Crippen molar-refractivity contribution in [1.82, 2.24) is 9.97 Å². The predicted octanol–water partition coefficient (Wildman–Crippen LogP) is 1.86. The van der Waals surface area contributed by atoms with Crippen molar-refractivity contribution in [3.8, 4) is 0 Å². The molecule has 5 nitrogen and oxygen atoms in total. The highest BCUT2D eigenvalue weighted by Gasteiger charge is 2.13.